The molecule has 3 rings (SSSR count). The fourth-order valence-corrected chi connectivity index (χ4v) is 3.61. The number of nitrogens with one attached hydrogen (secondary N) is 1. The van der Waals surface area contributed by atoms with E-state index in [1.807, 2.05) is 6.20 Å². The number of aromatic amines is 1. The number of hydrogen-bond donors (Lipinski definition) is 1. The number of carbonyl (C=O) groups excluding carboxylic acids is 1. The van der Waals surface area contributed by atoms with Gasteiger partial charge in [-0.3, -0.25) is 5.10 Å². The van der Waals surface area contributed by atoms with E-state index in [2.05, 4.69) is 17.1 Å². The molecule has 0 saturated carbocycles. The molecule has 106 valence electrons. The highest BCUT2D eigenvalue weighted by Crippen LogP contribution is 2.46. The molecule has 0 spiro atoms. The summed E-state index contributed by atoms with van der Waals surface area (Å²) in [6.45, 7) is 2.69. The van der Waals surface area contributed by atoms with Crippen LogP contribution in [0.3, 0.4) is 0 Å². The minimum absolute atomic E-state index is 0.291. The van der Waals surface area contributed by atoms with Crippen LogP contribution in [0.2, 0.25) is 0 Å². The average Bonchev–Trinajstić information content (AvgIpc) is 3.07. The number of nitrogens with zero attached hydrogens (tertiary/aromatic N) is 1. The number of carbonyl (C=O) groups is 1. The number of H-pyrrole nitrogens is 1. The summed E-state index contributed by atoms with van der Waals surface area (Å²) >= 11 is 1.37. The molecule has 1 aliphatic rings. The van der Waals surface area contributed by atoms with Crippen LogP contribution in [0.1, 0.15) is 34.1 Å². The molecule has 6 heteroatoms. The van der Waals surface area contributed by atoms with E-state index in [0.29, 0.717) is 11.5 Å². The third-order valence-electron chi connectivity index (χ3n) is 3.40. The molecule has 5 nitrogen and oxygen atoms in total. The monoisotopic (exact) mass is 292 g/mol. The molecule has 0 saturated heterocycles. The molecule has 0 radical (unpaired) electrons. The highest BCUT2D eigenvalue weighted by atomic mass is 32.1. The molecule has 0 aromatic carbocycles. The number of methoxy groups -OCH3 is 1. The van der Waals surface area contributed by atoms with E-state index < -0.39 is 0 Å². The lowest BCUT2D eigenvalue weighted by atomic mass is 9.92. The van der Waals surface area contributed by atoms with Crippen LogP contribution >= 0.6 is 11.3 Å². The van der Waals surface area contributed by atoms with Gasteiger partial charge in [0, 0.05) is 0 Å². The second-order valence-electron chi connectivity index (χ2n) is 4.68. The molecular weight excluding hydrogens is 276 g/mol. The maximum absolute atomic E-state index is 11.9. The van der Waals surface area contributed by atoms with E-state index in [9.17, 15) is 4.79 Å². The third kappa shape index (κ3) is 2.00. The van der Waals surface area contributed by atoms with Gasteiger partial charge in [0.25, 0.3) is 0 Å². The molecule has 0 unspecified atom stereocenters. The zero-order valence-electron chi connectivity index (χ0n) is 11.5. The van der Waals surface area contributed by atoms with E-state index in [0.717, 1.165) is 41.1 Å². The highest BCUT2D eigenvalue weighted by molar-refractivity contribution is 7.16. The van der Waals surface area contributed by atoms with E-state index in [1.54, 1.807) is 0 Å². The lowest BCUT2D eigenvalue weighted by Crippen LogP contribution is -2.07. The lowest BCUT2D eigenvalue weighted by molar-refractivity contribution is 0.0605. The summed E-state index contributed by atoms with van der Waals surface area (Å²) < 4.78 is 10.7. The van der Waals surface area contributed by atoms with Crippen molar-refractivity contribution in [2.24, 2.45) is 0 Å². The van der Waals surface area contributed by atoms with Crippen molar-refractivity contribution in [3.63, 3.8) is 0 Å². The number of esters is 1. The SMILES string of the molecule is CCCOc1sc(C(=O)OC)c2c1-c1[nH]ncc1CC2. The van der Waals surface area contributed by atoms with Crippen LogP contribution in [-0.2, 0) is 17.6 Å². The Hall–Kier alpha value is -1.82. The zero-order chi connectivity index (χ0) is 14.1. The predicted molar refractivity (Wildman–Crippen MR) is 76.4 cm³/mol. The summed E-state index contributed by atoms with van der Waals surface area (Å²) in [5.74, 6) is -0.291. The number of aryl methyl sites for hydroxylation is 1. The Balaban J connectivity index is 2.13. The van der Waals surface area contributed by atoms with Crippen molar-refractivity contribution >= 4 is 17.3 Å². The first-order chi connectivity index (χ1) is 9.76. The van der Waals surface area contributed by atoms with Gasteiger partial charge in [-0.1, -0.05) is 18.3 Å². The second-order valence-corrected chi connectivity index (χ2v) is 5.67. The summed E-state index contributed by atoms with van der Waals surface area (Å²) in [6.07, 6.45) is 4.47. The molecule has 0 amide bonds. The summed E-state index contributed by atoms with van der Waals surface area (Å²) in [4.78, 5) is 12.6. The average molecular weight is 292 g/mol. The van der Waals surface area contributed by atoms with Crippen LogP contribution < -0.4 is 4.74 Å². The smallest absolute Gasteiger partial charge is 0.348 e. The number of aromatic nitrogens is 2. The number of ether oxygens (including phenoxy) is 2. The topological polar surface area (TPSA) is 64.2 Å². The summed E-state index contributed by atoms with van der Waals surface area (Å²) in [5, 5.41) is 7.92. The van der Waals surface area contributed by atoms with Crippen molar-refractivity contribution in [1.29, 1.82) is 0 Å². The Labute approximate surface area is 120 Å². The van der Waals surface area contributed by atoms with Crippen molar-refractivity contribution in [3.8, 4) is 16.3 Å². The number of thiophene rings is 1. The standard InChI is InChI=1S/C14H16N2O3S/c1-3-6-19-14-10-9(12(20-14)13(17)18-2)5-4-8-7-15-16-11(8)10/h7H,3-6H2,1-2H3,(H,15,16). The Kier molecular flexibility index (Phi) is 3.48. The number of rotatable bonds is 4. The molecule has 1 N–H and O–H groups in total. The van der Waals surface area contributed by atoms with Gasteiger partial charge >= 0.3 is 5.97 Å². The van der Waals surface area contributed by atoms with E-state index >= 15 is 0 Å². The van der Waals surface area contributed by atoms with Gasteiger partial charge in [-0.15, -0.1) is 0 Å². The second kappa shape index (κ2) is 5.28. The maximum Gasteiger partial charge on any atom is 0.348 e. The number of hydrogen-bond acceptors (Lipinski definition) is 5. The first kappa shape index (κ1) is 13.2. The van der Waals surface area contributed by atoms with Crippen LogP contribution in [0.15, 0.2) is 6.20 Å². The summed E-state index contributed by atoms with van der Waals surface area (Å²) in [5.41, 5.74) is 4.16. The normalized spacial score (nSPS) is 12.7. The van der Waals surface area contributed by atoms with Gasteiger partial charge in [0.15, 0.2) is 5.06 Å². The van der Waals surface area contributed by atoms with Crippen molar-refractivity contribution in [2.45, 2.75) is 26.2 Å². The lowest BCUT2D eigenvalue weighted by Gasteiger charge is -2.14. The Morgan fingerprint density at radius 3 is 3.10 bits per heavy atom. The molecule has 0 fully saturated rings. The van der Waals surface area contributed by atoms with Gasteiger partial charge in [-0.05, 0) is 30.4 Å². The Morgan fingerprint density at radius 1 is 1.50 bits per heavy atom. The summed E-state index contributed by atoms with van der Waals surface area (Å²) in [6, 6.07) is 0. The first-order valence-electron chi connectivity index (χ1n) is 6.65. The Bertz CT molecular complexity index is 645. The van der Waals surface area contributed by atoms with Gasteiger partial charge in [0.05, 0.1) is 31.2 Å². The molecule has 2 aromatic rings. The minimum Gasteiger partial charge on any atom is -0.483 e. The molecule has 0 aliphatic heterocycles. The molecular formula is C14H16N2O3S. The van der Waals surface area contributed by atoms with Crippen LogP contribution in [0, 0.1) is 0 Å². The third-order valence-corrected chi connectivity index (χ3v) is 4.52. The fourth-order valence-electron chi connectivity index (χ4n) is 2.46. The van der Waals surface area contributed by atoms with E-state index in [-0.39, 0.29) is 5.97 Å². The quantitative estimate of drug-likeness (QED) is 0.880. The fraction of sp³-hybridized carbons (Fsp3) is 0.429. The molecule has 2 aromatic heterocycles. The first-order valence-corrected chi connectivity index (χ1v) is 7.47. The molecule has 2 heterocycles. The molecule has 1 aliphatic carbocycles. The van der Waals surface area contributed by atoms with Crippen LogP contribution in [-0.4, -0.2) is 29.9 Å². The van der Waals surface area contributed by atoms with Gasteiger partial charge in [0.2, 0.25) is 0 Å². The van der Waals surface area contributed by atoms with Crippen molar-refractivity contribution in [1.82, 2.24) is 10.2 Å². The van der Waals surface area contributed by atoms with Crippen molar-refractivity contribution in [3.05, 3.63) is 22.2 Å². The van der Waals surface area contributed by atoms with Gasteiger partial charge in [0.1, 0.15) is 4.88 Å². The van der Waals surface area contributed by atoms with Crippen LogP contribution in [0.5, 0.6) is 5.06 Å². The molecule has 0 bridgehead atoms. The molecule has 0 atom stereocenters. The van der Waals surface area contributed by atoms with Crippen LogP contribution in [0.25, 0.3) is 11.3 Å². The maximum atomic E-state index is 11.9. The van der Waals surface area contributed by atoms with Gasteiger partial charge in [-0.25, -0.2) is 4.79 Å². The highest BCUT2D eigenvalue weighted by Gasteiger charge is 2.30. The van der Waals surface area contributed by atoms with E-state index in [4.69, 9.17) is 9.47 Å². The summed E-state index contributed by atoms with van der Waals surface area (Å²) in [7, 11) is 1.41. The van der Waals surface area contributed by atoms with Crippen LogP contribution in [0.4, 0.5) is 0 Å². The zero-order valence-corrected chi connectivity index (χ0v) is 12.3. The number of fused-ring (bicyclic) bond motifs is 3. The predicted octanol–water partition coefficient (Wildman–Crippen LogP) is 2.81. The minimum atomic E-state index is -0.291. The van der Waals surface area contributed by atoms with Gasteiger partial charge in [-0.2, -0.15) is 5.10 Å². The Morgan fingerprint density at radius 2 is 2.35 bits per heavy atom. The van der Waals surface area contributed by atoms with E-state index in [1.165, 1.54) is 24.0 Å². The largest absolute Gasteiger partial charge is 0.483 e. The van der Waals surface area contributed by atoms with Crippen molar-refractivity contribution < 1.29 is 14.3 Å². The van der Waals surface area contributed by atoms with Gasteiger partial charge < -0.3 is 9.47 Å². The van der Waals surface area contributed by atoms with Crippen molar-refractivity contribution in [2.75, 3.05) is 13.7 Å². The molecule has 20 heavy (non-hydrogen) atoms.